The molecule has 0 saturated heterocycles. The van der Waals surface area contributed by atoms with Crippen molar-refractivity contribution >= 4 is 11.8 Å². The maximum Gasteiger partial charge on any atom is 0.326 e. The summed E-state index contributed by atoms with van der Waals surface area (Å²) in [6.07, 6.45) is 1.85. The lowest BCUT2D eigenvalue weighted by molar-refractivity contribution is -0.155. The number of rotatable bonds is 2. The number of pyridine rings is 1. The first-order valence-electron chi connectivity index (χ1n) is 7.17. The van der Waals surface area contributed by atoms with Crippen LogP contribution in [-0.2, 0) is 22.5 Å². The zero-order valence-corrected chi connectivity index (χ0v) is 13.0. The van der Waals surface area contributed by atoms with E-state index in [1.807, 2.05) is 0 Å². The lowest BCUT2D eigenvalue weighted by atomic mass is 9.91. The molecule has 1 aliphatic rings. The molecule has 1 heterocycles. The molecule has 0 bridgehead atoms. The van der Waals surface area contributed by atoms with Gasteiger partial charge in [0.05, 0.1) is 0 Å². The van der Waals surface area contributed by atoms with Crippen molar-refractivity contribution in [2.45, 2.75) is 59.1 Å². The van der Waals surface area contributed by atoms with Gasteiger partial charge in [0, 0.05) is 23.7 Å². The van der Waals surface area contributed by atoms with Crippen LogP contribution >= 0.6 is 0 Å². The smallest absolute Gasteiger partial charge is 0.326 e. The van der Waals surface area contributed by atoms with E-state index in [1.54, 1.807) is 27.7 Å². The summed E-state index contributed by atoms with van der Waals surface area (Å²) in [5.41, 5.74) is 1.11. The molecule has 2 rings (SSSR count). The number of ketones is 1. The van der Waals surface area contributed by atoms with Crippen LogP contribution in [-0.4, -0.2) is 21.9 Å². The highest BCUT2D eigenvalue weighted by atomic mass is 16.6. The summed E-state index contributed by atoms with van der Waals surface area (Å²) in [4.78, 5) is 36.2. The van der Waals surface area contributed by atoms with Crippen molar-refractivity contribution in [3.8, 4) is 0 Å². The molecule has 0 unspecified atom stereocenters. The largest absolute Gasteiger partial charge is 0.459 e. The Labute approximate surface area is 123 Å². The summed E-state index contributed by atoms with van der Waals surface area (Å²) in [6.45, 7) is 6.96. The van der Waals surface area contributed by atoms with Gasteiger partial charge in [0.2, 0.25) is 0 Å². The zero-order valence-electron chi connectivity index (χ0n) is 13.0. The molecule has 1 aromatic heterocycles. The van der Waals surface area contributed by atoms with Gasteiger partial charge in [-0.3, -0.25) is 14.4 Å². The van der Waals surface area contributed by atoms with Gasteiger partial charge in [0.15, 0.2) is 5.78 Å². The highest BCUT2D eigenvalue weighted by Gasteiger charge is 2.25. The molecular weight excluding hydrogens is 270 g/mol. The third-order valence-corrected chi connectivity index (χ3v) is 3.42. The molecule has 1 aromatic rings. The minimum atomic E-state index is -0.596. The molecule has 0 amide bonds. The Hall–Kier alpha value is -1.91. The quantitative estimate of drug-likeness (QED) is 0.782. The molecule has 0 saturated carbocycles. The second-order valence-electron chi connectivity index (χ2n) is 6.44. The molecule has 114 valence electrons. The van der Waals surface area contributed by atoms with Crippen molar-refractivity contribution in [2.24, 2.45) is 0 Å². The van der Waals surface area contributed by atoms with Gasteiger partial charge in [0.25, 0.3) is 5.56 Å². The predicted molar refractivity (Wildman–Crippen MR) is 78.6 cm³/mol. The molecule has 1 aliphatic carbocycles. The van der Waals surface area contributed by atoms with Gasteiger partial charge >= 0.3 is 5.97 Å². The molecule has 0 aliphatic heterocycles. The number of aromatic nitrogens is 1. The van der Waals surface area contributed by atoms with E-state index >= 15 is 0 Å². The van der Waals surface area contributed by atoms with Crippen molar-refractivity contribution in [1.29, 1.82) is 0 Å². The number of ether oxygens (including phenoxy) is 1. The Morgan fingerprint density at radius 1 is 1.29 bits per heavy atom. The second kappa shape index (κ2) is 5.47. The SMILES string of the molecule is Cc1cc(=O)n(CC(=O)OC(C)(C)C)c2c1C(=O)CCC2. The normalized spacial score (nSPS) is 14.8. The van der Waals surface area contributed by atoms with Crippen LogP contribution in [0.1, 0.15) is 55.2 Å². The summed E-state index contributed by atoms with van der Waals surface area (Å²) >= 11 is 0. The van der Waals surface area contributed by atoms with E-state index in [1.165, 1.54) is 10.6 Å². The second-order valence-corrected chi connectivity index (χ2v) is 6.44. The van der Waals surface area contributed by atoms with Crippen molar-refractivity contribution in [1.82, 2.24) is 4.57 Å². The van der Waals surface area contributed by atoms with Crippen molar-refractivity contribution in [3.63, 3.8) is 0 Å². The fraction of sp³-hybridized carbons (Fsp3) is 0.562. The van der Waals surface area contributed by atoms with E-state index in [2.05, 4.69) is 0 Å². The predicted octanol–water partition coefficient (Wildman–Crippen LogP) is 2.02. The molecule has 0 atom stereocenters. The lowest BCUT2D eigenvalue weighted by Gasteiger charge is -2.23. The summed E-state index contributed by atoms with van der Waals surface area (Å²) < 4.78 is 6.64. The highest BCUT2D eigenvalue weighted by molar-refractivity contribution is 5.99. The molecule has 21 heavy (non-hydrogen) atoms. The van der Waals surface area contributed by atoms with Crippen LogP contribution in [0.25, 0.3) is 0 Å². The first kappa shape index (κ1) is 15.5. The first-order chi connectivity index (χ1) is 9.69. The van der Waals surface area contributed by atoms with E-state index < -0.39 is 11.6 Å². The summed E-state index contributed by atoms with van der Waals surface area (Å²) in [5, 5.41) is 0. The Balaban J connectivity index is 2.41. The standard InChI is InChI=1S/C16H21NO4/c1-10-8-13(19)17(9-14(20)21-16(2,3)4)11-6-5-7-12(18)15(10)11/h8H,5-7,9H2,1-4H3. The van der Waals surface area contributed by atoms with E-state index in [-0.39, 0.29) is 17.9 Å². The van der Waals surface area contributed by atoms with E-state index in [0.29, 0.717) is 36.1 Å². The van der Waals surface area contributed by atoms with Crippen molar-refractivity contribution in [3.05, 3.63) is 33.2 Å². The van der Waals surface area contributed by atoms with Crippen LogP contribution in [0.5, 0.6) is 0 Å². The first-order valence-corrected chi connectivity index (χ1v) is 7.17. The topological polar surface area (TPSA) is 65.4 Å². The third-order valence-electron chi connectivity index (χ3n) is 3.42. The monoisotopic (exact) mass is 291 g/mol. The molecule has 0 fully saturated rings. The minimum absolute atomic E-state index is 0.0479. The van der Waals surface area contributed by atoms with E-state index in [9.17, 15) is 14.4 Å². The molecule has 0 radical (unpaired) electrons. The van der Waals surface area contributed by atoms with Crippen LogP contribution < -0.4 is 5.56 Å². The van der Waals surface area contributed by atoms with Crippen LogP contribution in [0.15, 0.2) is 10.9 Å². The van der Waals surface area contributed by atoms with Gasteiger partial charge in [-0.1, -0.05) is 0 Å². The number of nitrogens with zero attached hydrogens (tertiary/aromatic N) is 1. The van der Waals surface area contributed by atoms with Gasteiger partial charge < -0.3 is 9.30 Å². The molecule has 0 N–H and O–H groups in total. The summed E-state index contributed by atoms with van der Waals surface area (Å²) in [6, 6.07) is 1.42. The number of hydrogen-bond donors (Lipinski definition) is 0. The van der Waals surface area contributed by atoms with Crippen LogP contribution in [0.3, 0.4) is 0 Å². The van der Waals surface area contributed by atoms with Crippen LogP contribution in [0.4, 0.5) is 0 Å². The number of esters is 1. The van der Waals surface area contributed by atoms with Crippen LogP contribution in [0, 0.1) is 6.92 Å². The van der Waals surface area contributed by atoms with Gasteiger partial charge in [-0.25, -0.2) is 0 Å². The Kier molecular flexibility index (Phi) is 4.03. The van der Waals surface area contributed by atoms with E-state index in [4.69, 9.17) is 4.74 Å². The Morgan fingerprint density at radius 3 is 2.57 bits per heavy atom. The molecule has 5 heteroatoms. The number of fused-ring (bicyclic) bond motifs is 1. The molecule has 0 aromatic carbocycles. The number of aryl methyl sites for hydroxylation is 1. The van der Waals surface area contributed by atoms with Gasteiger partial charge in [-0.15, -0.1) is 0 Å². The highest BCUT2D eigenvalue weighted by Crippen LogP contribution is 2.23. The Bertz CT molecular complexity index is 649. The third kappa shape index (κ3) is 3.40. The molecular formula is C16H21NO4. The number of hydrogen-bond acceptors (Lipinski definition) is 4. The number of Topliss-reactive ketones (excluding diaryl/α,β-unsaturated/α-hetero) is 1. The van der Waals surface area contributed by atoms with E-state index in [0.717, 1.165) is 0 Å². The maximum absolute atomic E-state index is 12.2. The maximum atomic E-state index is 12.2. The van der Waals surface area contributed by atoms with Gasteiger partial charge in [0.1, 0.15) is 12.1 Å². The average Bonchev–Trinajstić information content (AvgIpc) is 2.31. The van der Waals surface area contributed by atoms with Crippen LogP contribution in [0.2, 0.25) is 0 Å². The van der Waals surface area contributed by atoms with Gasteiger partial charge in [-0.2, -0.15) is 0 Å². The van der Waals surface area contributed by atoms with Crippen molar-refractivity contribution < 1.29 is 14.3 Å². The summed E-state index contributed by atoms with van der Waals surface area (Å²) in [5.74, 6) is -0.416. The minimum Gasteiger partial charge on any atom is -0.459 e. The summed E-state index contributed by atoms with van der Waals surface area (Å²) in [7, 11) is 0. The zero-order chi connectivity index (χ0) is 15.8. The lowest BCUT2D eigenvalue weighted by Crippen LogP contribution is -2.34. The fourth-order valence-electron chi connectivity index (χ4n) is 2.69. The Morgan fingerprint density at radius 2 is 1.95 bits per heavy atom. The van der Waals surface area contributed by atoms with Gasteiger partial charge in [-0.05, 0) is 46.1 Å². The fourth-order valence-corrected chi connectivity index (χ4v) is 2.69. The molecule has 5 nitrogen and oxygen atoms in total. The van der Waals surface area contributed by atoms with Crippen molar-refractivity contribution in [2.75, 3.05) is 0 Å². The number of carbonyl (C=O) groups is 2. The molecule has 0 spiro atoms. The average molecular weight is 291 g/mol. The number of carbonyl (C=O) groups excluding carboxylic acids is 2.